The van der Waals surface area contributed by atoms with Crippen molar-refractivity contribution in [2.75, 3.05) is 31.1 Å². The van der Waals surface area contributed by atoms with Crippen LogP contribution in [0.5, 0.6) is 0 Å². The van der Waals surface area contributed by atoms with E-state index in [9.17, 15) is 22.4 Å². The van der Waals surface area contributed by atoms with Gasteiger partial charge in [0.05, 0.1) is 16.9 Å². The Kier molecular flexibility index (Phi) is 5.13. The molecule has 1 amide bonds. The van der Waals surface area contributed by atoms with Crippen LogP contribution in [0.15, 0.2) is 42.6 Å². The van der Waals surface area contributed by atoms with Gasteiger partial charge in [-0.1, -0.05) is 19.1 Å². The highest BCUT2D eigenvalue weighted by molar-refractivity contribution is 5.95. The minimum Gasteiger partial charge on any atom is -0.366 e. The van der Waals surface area contributed by atoms with Gasteiger partial charge in [-0.3, -0.25) is 9.20 Å². The molecule has 1 fully saturated rings. The molecular weight excluding hydrogens is 400 g/mol. The molecule has 5 nitrogen and oxygen atoms in total. The number of pyridine rings is 1. The number of amides is 1. The zero-order valence-corrected chi connectivity index (χ0v) is 16.3. The Hall–Kier alpha value is -3.10. The number of nitrogens with zero attached hydrogens (tertiary/aromatic N) is 4. The molecule has 0 unspecified atom stereocenters. The lowest BCUT2D eigenvalue weighted by Gasteiger charge is -2.36. The van der Waals surface area contributed by atoms with Gasteiger partial charge in [-0.05, 0) is 30.7 Å². The first kappa shape index (κ1) is 20.2. The lowest BCUT2D eigenvalue weighted by atomic mass is 10.2. The van der Waals surface area contributed by atoms with Crippen molar-refractivity contribution in [2.24, 2.45) is 0 Å². The maximum absolute atomic E-state index is 14.0. The molecule has 1 saturated heterocycles. The highest BCUT2D eigenvalue weighted by atomic mass is 19.4. The number of benzene rings is 1. The molecule has 30 heavy (non-hydrogen) atoms. The van der Waals surface area contributed by atoms with Crippen molar-refractivity contribution in [3.63, 3.8) is 0 Å². The topological polar surface area (TPSA) is 40.9 Å². The first-order valence-electron chi connectivity index (χ1n) is 9.66. The van der Waals surface area contributed by atoms with Crippen molar-refractivity contribution in [1.29, 1.82) is 0 Å². The molecule has 0 aliphatic carbocycles. The lowest BCUT2D eigenvalue weighted by molar-refractivity contribution is -0.137. The molecule has 0 atom stereocenters. The third-order valence-corrected chi connectivity index (χ3v) is 5.32. The zero-order valence-electron chi connectivity index (χ0n) is 16.3. The molecule has 1 aliphatic rings. The van der Waals surface area contributed by atoms with E-state index in [1.807, 2.05) is 4.90 Å². The maximum atomic E-state index is 14.0. The molecule has 0 saturated carbocycles. The van der Waals surface area contributed by atoms with Gasteiger partial charge in [0.2, 0.25) is 0 Å². The summed E-state index contributed by atoms with van der Waals surface area (Å²) in [5.74, 6) is -0.695. The van der Waals surface area contributed by atoms with Crippen LogP contribution in [0.3, 0.4) is 0 Å². The number of aryl methyl sites for hydroxylation is 1. The molecule has 158 valence electrons. The van der Waals surface area contributed by atoms with Gasteiger partial charge < -0.3 is 9.80 Å². The van der Waals surface area contributed by atoms with E-state index in [4.69, 9.17) is 0 Å². The molecule has 3 heterocycles. The first-order chi connectivity index (χ1) is 14.3. The highest BCUT2D eigenvalue weighted by Crippen LogP contribution is 2.30. The van der Waals surface area contributed by atoms with E-state index in [1.54, 1.807) is 30.0 Å². The van der Waals surface area contributed by atoms with Crippen LogP contribution in [0, 0.1) is 5.82 Å². The van der Waals surface area contributed by atoms with Crippen LogP contribution in [-0.2, 0) is 12.6 Å². The Morgan fingerprint density at radius 2 is 1.77 bits per heavy atom. The molecule has 9 heteroatoms. The summed E-state index contributed by atoms with van der Waals surface area (Å²) in [6.07, 6.45) is -3.18. The van der Waals surface area contributed by atoms with Crippen LogP contribution in [0.1, 0.15) is 28.7 Å². The van der Waals surface area contributed by atoms with Crippen LogP contribution in [0.2, 0.25) is 0 Å². The van der Waals surface area contributed by atoms with Crippen molar-refractivity contribution in [1.82, 2.24) is 14.3 Å². The van der Waals surface area contributed by atoms with Crippen molar-refractivity contribution in [3.8, 4) is 0 Å². The predicted octanol–water partition coefficient (Wildman–Crippen LogP) is 4.02. The summed E-state index contributed by atoms with van der Waals surface area (Å²) in [5, 5.41) is 0. The number of aromatic nitrogens is 2. The SMILES string of the molecule is CCc1nc2ccc(C(F)(F)F)cn2c1C(=O)N1CCN(c2ccccc2F)CC1. The van der Waals surface area contributed by atoms with Crippen molar-refractivity contribution in [3.05, 3.63) is 65.4 Å². The fourth-order valence-electron chi connectivity index (χ4n) is 3.74. The Balaban J connectivity index is 1.61. The van der Waals surface area contributed by atoms with Crippen LogP contribution >= 0.6 is 0 Å². The number of anilines is 1. The maximum Gasteiger partial charge on any atom is 0.417 e. The van der Waals surface area contributed by atoms with Crippen molar-refractivity contribution >= 4 is 17.2 Å². The number of hydrogen-bond donors (Lipinski definition) is 0. The molecule has 0 N–H and O–H groups in total. The fraction of sp³-hybridized carbons (Fsp3) is 0.333. The number of imidazole rings is 1. The lowest BCUT2D eigenvalue weighted by Crippen LogP contribution is -2.49. The number of carbonyl (C=O) groups excluding carboxylic acids is 1. The Bertz CT molecular complexity index is 1080. The molecule has 0 bridgehead atoms. The van der Waals surface area contributed by atoms with Gasteiger partial charge in [-0.25, -0.2) is 9.37 Å². The summed E-state index contributed by atoms with van der Waals surface area (Å²) in [5.41, 5.74) is 0.541. The fourth-order valence-corrected chi connectivity index (χ4v) is 3.74. The Morgan fingerprint density at radius 3 is 2.40 bits per heavy atom. The second-order valence-electron chi connectivity index (χ2n) is 7.14. The minimum atomic E-state index is -4.52. The van der Waals surface area contributed by atoms with Crippen LogP contribution in [0.25, 0.3) is 5.65 Å². The Labute approximate surface area is 170 Å². The van der Waals surface area contributed by atoms with Gasteiger partial charge in [0.1, 0.15) is 17.2 Å². The standard InChI is InChI=1S/C21H20F4N4O/c1-2-16-19(29-13-14(21(23,24)25)7-8-18(29)26-16)20(30)28-11-9-27(10-12-28)17-6-4-3-5-15(17)22/h3-8,13H,2,9-12H2,1H3. The monoisotopic (exact) mass is 420 g/mol. The summed E-state index contributed by atoms with van der Waals surface area (Å²) in [4.78, 5) is 21.0. The van der Waals surface area contributed by atoms with E-state index in [2.05, 4.69) is 4.98 Å². The van der Waals surface area contributed by atoms with Crippen LogP contribution < -0.4 is 4.90 Å². The van der Waals surface area contributed by atoms with Gasteiger partial charge in [0.25, 0.3) is 5.91 Å². The van der Waals surface area contributed by atoms with Crippen LogP contribution in [-0.4, -0.2) is 46.4 Å². The van der Waals surface area contributed by atoms with Gasteiger partial charge in [0, 0.05) is 32.4 Å². The molecular formula is C21H20F4N4O. The highest BCUT2D eigenvalue weighted by Gasteiger charge is 2.33. The summed E-state index contributed by atoms with van der Waals surface area (Å²) >= 11 is 0. The van der Waals surface area contributed by atoms with E-state index in [0.717, 1.165) is 12.3 Å². The number of para-hydroxylation sites is 1. The first-order valence-corrected chi connectivity index (χ1v) is 9.66. The second kappa shape index (κ2) is 7.62. The molecule has 0 spiro atoms. The molecule has 1 aliphatic heterocycles. The zero-order chi connectivity index (χ0) is 21.5. The van der Waals surface area contributed by atoms with Crippen LogP contribution in [0.4, 0.5) is 23.2 Å². The number of fused-ring (bicyclic) bond motifs is 1. The third kappa shape index (κ3) is 3.59. The largest absolute Gasteiger partial charge is 0.417 e. The predicted molar refractivity (Wildman–Crippen MR) is 104 cm³/mol. The number of halogens is 4. The molecule has 3 aromatic rings. The Morgan fingerprint density at radius 1 is 1.07 bits per heavy atom. The normalized spacial score (nSPS) is 15.1. The van der Waals surface area contributed by atoms with Gasteiger partial charge in [-0.15, -0.1) is 0 Å². The van der Waals surface area contributed by atoms with E-state index in [0.29, 0.717) is 49.6 Å². The van der Waals surface area contributed by atoms with E-state index in [-0.39, 0.29) is 17.4 Å². The van der Waals surface area contributed by atoms with Crippen molar-refractivity contribution < 1.29 is 22.4 Å². The molecule has 0 radical (unpaired) electrons. The summed E-state index contributed by atoms with van der Waals surface area (Å²) < 4.78 is 54.8. The second-order valence-corrected chi connectivity index (χ2v) is 7.14. The van der Waals surface area contributed by atoms with Gasteiger partial charge in [-0.2, -0.15) is 13.2 Å². The number of carbonyl (C=O) groups is 1. The molecule has 1 aromatic carbocycles. The quantitative estimate of drug-likeness (QED) is 0.601. The number of hydrogen-bond acceptors (Lipinski definition) is 3. The summed E-state index contributed by atoms with van der Waals surface area (Å²) in [7, 11) is 0. The van der Waals surface area contributed by atoms with E-state index in [1.165, 1.54) is 16.5 Å². The molecule has 2 aromatic heterocycles. The van der Waals surface area contributed by atoms with E-state index >= 15 is 0 Å². The summed E-state index contributed by atoms with van der Waals surface area (Å²) in [6.45, 7) is 3.34. The average molecular weight is 420 g/mol. The smallest absolute Gasteiger partial charge is 0.366 e. The third-order valence-electron chi connectivity index (χ3n) is 5.32. The van der Waals surface area contributed by atoms with Gasteiger partial charge >= 0.3 is 6.18 Å². The van der Waals surface area contributed by atoms with Gasteiger partial charge in [0.15, 0.2) is 0 Å². The average Bonchev–Trinajstić information content (AvgIpc) is 3.11. The molecule has 4 rings (SSSR count). The minimum absolute atomic E-state index is 0.151. The summed E-state index contributed by atoms with van der Waals surface area (Å²) in [6, 6.07) is 8.67. The number of rotatable bonds is 3. The van der Waals surface area contributed by atoms with E-state index < -0.39 is 11.7 Å². The number of piperazine rings is 1. The van der Waals surface area contributed by atoms with Crippen molar-refractivity contribution in [2.45, 2.75) is 19.5 Å². The number of alkyl halides is 3.